The average Bonchev–Trinajstić information content (AvgIpc) is 2.34. The van der Waals surface area contributed by atoms with E-state index in [2.05, 4.69) is 15.2 Å². The van der Waals surface area contributed by atoms with E-state index in [1.807, 2.05) is 0 Å². The van der Waals surface area contributed by atoms with Crippen LogP contribution in [0.3, 0.4) is 0 Å². The highest BCUT2D eigenvalue weighted by atomic mass is 35.5. The number of hydrogen-bond acceptors (Lipinski definition) is 5. The molecule has 2 rings (SSSR count). The van der Waals surface area contributed by atoms with Gasteiger partial charge in [-0.2, -0.15) is 4.98 Å². The van der Waals surface area contributed by atoms with E-state index in [9.17, 15) is 4.79 Å². The first-order valence-electron chi connectivity index (χ1n) is 4.70. The fourth-order valence-electron chi connectivity index (χ4n) is 1.21. The highest BCUT2D eigenvalue weighted by Crippen LogP contribution is 2.28. The molecule has 18 heavy (non-hydrogen) atoms. The molecule has 1 aromatic heterocycles. The molecule has 0 spiro atoms. The van der Waals surface area contributed by atoms with Crippen molar-refractivity contribution in [3.05, 3.63) is 40.3 Å². The smallest absolute Gasteiger partial charge is 0.262 e. The number of rotatable bonds is 3. The van der Waals surface area contributed by atoms with Crippen molar-refractivity contribution in [2.75, 3.05) is 0 Å². The maximum Gasteiger partial charge on any atom is 0.262 e. The molecule has 0 unspecified atom stereocenters. The topological polar surface area (TPSA) is 91.0 Å². The van der Waals surface area contributed by atoms with Crippen molar-refractivity contribution in [1.82, 2.24) is 15.2 Å². The number of ether oxygens (including phenoxy) is 1. The van der Waals surface area contributed by atoms with Gasteiger partial charge in [-0.3, -0.25) is 4.79 Å². The van der Waals surface area contributed by atoms with Crippen LogP contribution in [-0.4, -0.2) is 21.1 Å². The van der Waals surface area contributed by atoms with E-state index in [1.165, 1.54) is 6.07 Å². The van der Waals surface area contributed by atoms with E-state index in [-0.39, 0.29) is 27.6 Å². The van der Waals surface area contributed by atoms with Crippen molar-refractivity contribution in [3.63, 3.8) is 0 Å². The van der Waals surface area contributed by atoms with Crippen LogP contribution in [-0.2, 0) is 0 Å². The SMILES string of the molecule is NC(=O)c1ccccc1Oc1nc(Cl)nnc1Cl. The Balaban J connectivity index is 2.40. The summed E-state index contributed by atoms with van der Waals surface area (Å²) in [6.45, 7) is 0. The Morgan fingerprint density at radius 2 is 1.94 bits per heavy atom. The summed E-state index contributed by atoms with van der Waals surface area (Å²) < 4.78 is 5.35. The minimum Gasteiger partial charge on any atom is -0.435 e. The first-order chi connectivity index (χ1) is 8.58. The van der Waals surface area contributed by atoms with Crippen LogP contribution >= 0.6 is 23.2 Å². The highest BCUT2D eigenvalue weighted by Gasteiger charge is 2.13. The molecule has 6 nitrogen and oxygen atoms in total. The largest absolute Gasteiger partial charge is 0.435 e. The molecule has 1 amide bonds. The molecule has 1 aromatic carbocycles. The molecule has 1 heterocycles. The van der Waals surface area contributed by atoms with Crippen molar-refractivity contribution < 1.29 is 9.53 Å². The summed E-state index contributed by atoms with van der Waals surface area (Å²) in [6, 6.07) is 6.39. The number of carbonyl (C=O) groups is 1. The molecular formula is C10H6Cl2N4O2. The quantitative estimate of drug-likeness (QED) is 0.932. The van der Waals surface area contributed by atoms with E-state index in [0.29, 0.717) is 0 Å². The molecule has 0 aliphatic carbocycles. The van der Waals surface area contributed by atoms with Crippen LogP contribution in [0.1, 0.15) is 10.4 Å². The predicted octanol–water partition coefficient (Wildman–Crippen LogP) is 2.07. The monoisotopic (exact) mass is 284 g/mol. The van der Waals surface area contributed by atoms with Crippen LogP contribution in [0.25, 0.3) is 0 Å². The Morgan fingerprint density at radius 1 is 1.22 bits per heavy atom. The number of halogens is 2. The lowest BCUT2D eigenvalue weighted by atomic mass is 10.2. The van der Waals surface area contributed by atoms with Gasteiger partial charge in [-0.1, -0.05) is 23.7 Å². The molecule has 0 saturated carbocycles. The Kier molecular flexibility index (Phi) is 3.59. The van der Waals surface area contributed by atoms with Gasteiger partial charge < -0.3 is 10.5 Å². The minimum absolute atomic E-state index is 0.0506. The minimum atomic E-state index is -0.630. The summed E-state index contributed by atoms with van der Waals surface area (Å²) in [5.74, 6) is -0.469. The summed E-state index contributed by atoms with van der Waals surface area (Å²) in [5, 5.41) is 6.78. The Hall–Kier alpha value is -1.92. The molecule has 0 radical (unpaired) electrons. The number of primary amides is 1. The third-order valence-corrected chi connectivity index (χ3v) is 2.35. The molecule has 0 fully saturated rings. The summed E-state index contributed by atoms with van der Waals surface area (Å²) >= 11 is 11.3. The van der Waals surface area contributed by atoms with Crippen LogP contribution in [0.2, 0.25) is 10.4 Å². The maximum absolute atomic E-state index is 11.2. The molecule has 2 aromatic rings. The van der Waals surface area contributed by atoms with Crippen molar-refractivity contribution in [3.8, 4) is 11.6 Å². The van der Waals surface area contributed by atoms with Gasteiger partial charge in [0.25, 0.3) is 11.8 Å². The second kappa shape index (κ2) is 5.16. The van der Waals surface area contributed by atoms with Crippen molar-refractivity contribution in [1.29, 1.82) is 0 Å². The Bertz CT molecular complexity index is 606. The van der Waals surface area contributed by atoms with Crippen LogP contribution in [0, 0.1) is 0 Å². The average molecular weight is 285 g/mol. The summed E-state index contributed by atoms with van der Waals surface area (Å²) in [5.41, 5.74) is 5.41. The zero-order chi connectivity index (χ0) is 13.1. The first-order valence-corrected chi connectivity index (χ1v) is 5.46. The molecule has 0 atom stereocenters. The molecule has 92 valence electrons. The van der Waals surface area contributed by atoms with Gasteiger partial charge in [0.15, 0.2) is 0 Å². The van der Waals surface area contributed by atoms with Crippen LogP contribution in [0.5, 0.6) is 11.6 Å². The fraction of sp³-hybridized carbons (Fsp3) is 0. The zero-order valence-electron chi connectivity index (χ0n) is 8.80. The lowest BCUT2D eigenvalue weighted by Gasteiger charge is -2.08. The lowest BCUT2D eigenvalue weighted by molar-refractivity contribution is 0.0998. The highest BCUT2D eigenvalue weighted by molar-refractivity contribution is 6.31. The molecular weight excluding hydrogens is 279 g/mol. The lowest BCUT2D eigenvalue weighted by Crippen LogP contribution is -2.12. The number of nitrogens with zero attached hydrogens (tertiary/aromatic N) is 3. The van der Waals surface area contributed by atoms with Gasteiger partial charge >= 0.3 is 0 Å². The van der Waals surface area contributed by atoms with Crippen LogP contribution in [0.15, 0.2) is 24.3 Å². The number of carbonyl (C=O) groups excluding carboxylic acids is 1. The van der Waals surface area contributed by atoms with Crippen LogP contribution in [0.4, 0.5) is 0 Å². The molecule has 0 bridgehead atoms. The van der Waals surface area contributed by atoms with Crippen molar-refractivity contribution in [2.45, 2.75) is 0 Å². The van der Waals surface area contributed by atoms with E-state index >= 15 is 0 Å². The molecule has 0 aliphatic rings. The third-order valence-electron chi connectivity index (χ3n) is 1.95. The number of hydrogen-bond donors (Lipinski definition) is 1. The van der Waals surface area contributed by atoms with E-state index in [4.69, 9.17) is 33.7 Å². The molecule has 2 N–H and O–H groups in total. The van der Waals surface area contributed by atoms with Gasteiger partial charge in [0.2, 0.25) is 10.4 Å². The standard InChI is InChI=1S/C10H6Cl2N4O2/c11-7-9(14-10(12)16-15-7)18-6-4-2-1-3-5(6)8(13)17/h1-4H,(H2,13,17). The normalized spacial score (nSPS) is 10.1. The molecule has 8 heteroatoms. The van der Waals surface area contributed by atoms with Gasteiger partial charge in [0.1, 0.15) is 5.75 Å². The number of para-hydroxylation sites is 1. The molecule has 0 aliphatic heterocycles. The van der Waals surface area contributed by atoms with Gasteiger partial charge in [-0.25, -0.2) is 0 Å². The van der Waals surface area contributed by atoms with Gasteiger partial charge in [0.05, 0.1) is 5.56 Å². The Labute approximate surface area is 112 Å². The van der Waals surface area contributed by atoms with E-state index < -0.39 is 5.91 Å². The number of amides is 1. The van der Waals surface area contributed by atoms with E-state index in [1.54, 1.807) is 18.2 Å². The van der Waals surface area contributed by atoms with Gasteiger partial charge in [-0.15, -0.1) is 10.2 Å². The van der Waals surface area contributed by atoms with Crippen LogP contribution < -0.4 is 10.5 Å². The van der Waals surface area contributed by atoms with E-state index in [0.717, 1.165) is 0 Å². The van der Waals surface area contributed by atoms with Crippen molar-refractivity contribution >= 4 is 29.1 Å². The van der Waals surface area contributed by atoms with Gasteiger partial charge in [-0.05, 0) is 23.7 Å². The zero-order valence-corrected chi connectivity index (χ0v) is 10.3. The number of aromatic nitrogens is 3. The number of benzene rings is 1. The number of nitrogens with two attached hydrogens (primary N) is 1. The first kappa shape index (κ1) is 12.5. The summed E-state index contributed by atoms with van der Waals surface area (Å²) in [6.07, 6.45) is 0. The predicted molar refractivity (Wildman–Crippen MR) is 64.9 cm³/mol. The summed E-state index contributed by atoms with van der Waals surface area (Å²) in [4.78, 5) is 15.0. The Morgan fingerprint density at radius 3 is 2.67 bits per heavy atom. The van der Waals surface area contributed by atoms with Crippen molar-refractivity contribution in [2.24, 2.45) is 5.73 Å². The second-order valence-corrected chi connectivity index (χ2v) is 3.84. The van der Waals surface area contributed by atoms with Gasteiger partial charge in [0, 0.05) is 0 Å². The summed E-state index contributed by atoms with van der Waals surface area (Å²) in [7, 11) is 0. The second-order valence-electron chi connectivity index (χ2n) is 3.14. The maximum atomic E-state index is 11.2. The third kappa shape index (κ3) is 2.66. The molecule has 0 saturated heterocycles. The fourth-order valence-corrected chi connectivity index (χ4v) is 1.44.